The molecule has 0 aliphatic heterocycles. The van der Waals surface area contributed by atoms with Gasteiger partial charge < -0.3 is 11.1 Å². The highest BCUT2D eigenvalue weighted by molar-refractivity contribution is 7.20. The van der Waals surface area contributed by atoms with Crippen LogP contribution >= 0.6 is 35.3 Å². The molecule has 1 aliphatic carbocycles. The molecule has 3 aromatic rings. The fourth-order valence-corrected chi connectivity index (χ4v) is 4.35. The smallest absolute Gasteiger partial charge is 0.261 e. The van der Waals surface area contributed by atoms with Crippen molar-refractivity contribution in [2.75, 3.05) is 6.54 Å². The van der Waals surface area contributed by atoms with Gasteiger partial charge in [0, 0.05) is 18.0 Å². The van der Waals surface area contributed by atoms with Crippen molar-refractivity contribution >= 4 is 51.5 Å². The minimum Gasteiger partial charge on any atom is -0.347 e. The summed E-state index contributed by atoms with van der Waals surface area (Å²) >= 11 is 7.75. The van der Waals surface area contributed by atoms with Gasteiger partial charge in [-0.3, -0.25) is 4.79 Å². The van der Waals surface area contributed by atoms with Crippen LogP contribution in [0.4, 0.5) is 0 Å². The van der Waals surface area contributed by atoms with Crippen molar-refractivity contribution in [2.45, 2.75) is 25.8 Å². The predicted octanol–water partition coefficient (Wildman–Crippen LogP) is 3.94. The van der Waals surface area contributed by atoms with Crippen LogP contribution in [0.15, 0.2) is 30.3 Å². The van der Waals surface area contributed by atoms with Gasteiger partial charge in [0.25, 0.3) is 5.91 Å². The number of hydrogen-bond acceptors (Lipinski definition) is 4. The normalized spacial score (nSPS) is 14.9. The highest BCUT2D eigenvalue weighted by Crippen LogP contribution is 2.34. The quantitative estimate of drug-likeness (QED) is 0.668. The highest BCUT2D eigenvalue weighted by Gasteiger charge is 2.32. The number of nitrogens with one attached hydrogen (secondary N) is 1. The number of nitrogens with two attached hydrogens (primary N) is 1. The van der Waals surface area contributed by atoms with Gasteiger partial charge in [-0.05, 0) is 43.9 Å². The molecule has 3 N–H and O–H groups in total. The number of fused-ring (bicyclic) bond motifs is 1. The lowest BCUT2D eigenvalue weighted by Gasteiger charge is -2.15. The van der Waals surface area contributed by atoms with E-state index in [0.29, 0.717) is 22.4 Å². The topological polar surface area (TPSA) is 72.9 Å². The molecule has 1 atom stereocenters. The standard InChI is InChI=1S/C18H19ClN4OS.ClH/c1-10-12-8-16(17(24)21-14(9-20)11-6-7-11)25-18(12)23(22-10)15-5-3-2-4-13(15)19;/h2-5,8,11,14H,6-7,9,20H2,1H3,(H,21,24);1H. The van der Waals surface area contributed by atoms with E-state index in [1.807, 2.05) is 41.9 Å². The van der Waals surface area contributed by atoms with Crippen LogP contribution in [0.25, 0.3) is 15.9 Å². The van der Waals surface area contributed by atoms with Crippen molar-refractivity contribution in [3.05, 3.63) is 45.9 Å². The Morgan fingerprint density at radius 3 is 2.85 bits per heavy atom. The van der Waals surface area contributed by atoms with E-state index in [2.05, 4.69) is 10.4 Å². The Balaban J connectivity index is 0.00000196. The summed E-state index contributed by atoms with van der Waals surface area (Å²) in [5.41, 5.74) is 7.49. The van der Waals surface area contributed by atoms with Crippen LogP contribution in [-0.2, 0) is 0 Å². The summed E-state index contributed by atoms with van der Waals surface area (Å²) in [6, 6.07) is 9.54. The number of aromatic nitrogens is 2. The van der Waals surface area contributed by atoms with Gasteiger partial charge in [0.15, 0.2) is 0 Å². The SMILES string of the molecule is Cc1nn(-c2ccccc2Cl)c2sc(C(=O)NC(CN)C3CC3)cc12.Cl. The van der Waals surface area contributed by atoms with Gasteiger partial charge in [0.05, 0.1) is 21.3 Å². The average Bonchev–Trinajstić information content (AvgIpc) is 3.27. The molecule has 1 aliphatic rings. The van der Waals surface area contributed by atoms with E-state index in [1.54, 1.807) is 0 Å². The van der Waals surface area contributed by atoms with Crippen molar-refractivity contribution in [3.63, 3.8) is 0 Å². The molecule has 26 heavy (non-hydrogen) atoms. The van der Waals surface area contributed by atoms with E-state index in [9.17, 15) is 4.79 Å². The van der Waals surface area contributed by atoms with Gasteiger partial charge in [0.1, 0.15) is 4.83 Å². The summed E-state index contributed by atoms with van der Waals surface area (Å²) in [6.07, 6.45) is 2.30. The molecule has 1 amide bonds. The second-order valence-electron chi connectivity index (χ2n) is 6.43. The predicted molar refractivity (Wildman–Crippen MR) is 109 cm³/mol. The Bertz CT molecular complexity index is 948. The molecule has 5 nitrogen and oxygen atoms in total. The molecule has 1 fully saturated rings. The third-order valence-electron chi connectivity index (χ3n) is 4.61. The van der Waals surface area contributed by atoms with Crippen LogP contribution in [0.2, 0.25) is 5.02 Å². The van der Waals surface area contributed by atoms with Gasteiger partial charge in [-0.25, -0.2) is 4.68 Å². The van der Waals surface area contributed by atoms with Gasteiger partial charge >= 0.3 is 0 Å². The molecule has 1 unspecified atom stereocenters. The molecule has 0 spiro atoms. The van der Waals surface area contributed by atoms with E-state index in [0.717, 1.165) is 34.4 Å². The molecule has 1 saturated carbocycles. The Hall–Kier alpha value is -1.60. The first kappa shape index (κ1) is 19.2. The molecule has 8 heteroatoms. The molecule has 0 bridgehead atoms. The number of carbonyl (C=O) groups excluding carboxylic acids is 1. The van der Waals surface area contributed by atoms with Crippen LogP contribution < -0.4 is 11.1 Å². The van der Waals surface area contributed by atoms with Crippen molar-refractivity contribution in [2.24, 2.45) is 11.7 Å². The molecule has 4 rings (SSSR count). The molecule has 1 aromatic carbocycles. The Labute approximate surface area is 166 Å². The minimum atomic E-state index is -0.0614. The van der Waals surface area contributed by atoms with Gasteiger partial charge in [-0.2, -0.15) is 5.10 Å². The molecule has 0 radical (unpaired) electrons. The summed E-state index contributed by atoms with van der Waals surface area (Å²) in [5, 5.41) is 9.27. The molecule has 2 heterocycles. The number of halogens is 2. The number of aryl methyl sites for hydroxylation is 1. The maximum atomic E-state index is 12.6. The average molecular weight is 411 g/mol. The number of hydrogen-bond donors (Lipinski definition) is 2. The zero-order valence-corrected chi connectivity index (χ0v) is 16.6. The highest BCUT2D eigenvalue weighted by atomic mass is 35.5. The van der Waals surface area contributed by atoms with E-state index in [4.69, 9.17) is 17.3 Å². The molecular formula is C18H20Cl2N4OS. The maximum Gasteiger partial charge on any atom is 0.261 e. The summed E-state index contributed by atoms with van der Waals surface area (Å²) in [4.78, 5) is 14.2. The number of nitrogens with zero attached hydrogens (tertiary/aromatic N) is 2. The number of carbonyl (C=O) groups is 1. The fraction of sp³-hybridized carbons (Fsp3) is 0.333. The zero-order valence-electron chi connectivity index (χ0n) is 14.2. The number of amides is 1. The second kappa shape index (κ2) is 7.56. The molecular weight excluding hydrogens is 391 g/mol. The van der Waals surface area contributed by atoms with Gasteiger partial charge in [0.2, 0.25) is 0 Å². The van der Waals surface area contributed by atoms with Crippen LogP contribution in [0.1, 0.15) is 28.2 Å². The second-order valence-corrected chi connectivity index (χ2v) is 7.87. The van der Waals surface area contributed by atoms with Crippen molar-refractivity contribution in [3.8, 4) is 5.69 Å². The number of rotatable bonds is 5. The first-order chi connectivity index (χ1) is 12.1. The third-order valence-corrected chi connectivity index (χ3v) is 6.04. The van der Waals surface area contributed by atoms with Gasteiger partial charge in [-0.1, -0.05) is 23.7 Å². The van der Waals surface area contributed by atoms with E-state index in [-0.39, 0.29) is 24.4 Å². The fourth-order valence-electron chi connectivity index (χ4n) is 3.05. The number of benzene rings is 1. The summed E-state index contributed by atoms with van der Waals surface area (Å²) in [7, 11) is 0. The Morgan fingerprint density at radius 1 is 1.46 bits per heavy atom. The van der Waals surface area contributed by atoms with Crippen molar-refractivity contribution < 1.29 is 4.79 Å². The number of para-hydroxylation sites is 1. The van der Waals surface area contributed by atoms with Crippen molar-refractivity contribution in [1.29, 1.82) is 0 Å². The summed E-state index contributed by atoms with van der Waals surface area (Å²) < 4.78 is 1.82. The van der Waals surface area contributed by atoms with E-state index < -0.39 is 0 Å². The van der Waals surface area contributed by atoms with Crippen molar-refractivity contribution in [1.82, 2.24) is 15.1 Å². The maximum absolute atomic E-state index is 12.6. The lowest BCUT2D eigenvalue weighted by atomic mass is 10.2. The largest absolute Gasteiger partial charge is 0.347 e. The monoisotopic (exact) mass is 410 g/mol. The minimum absolute atomic E-state index is 0. The van der Waals surface area contributed by atoms with Crippen LogP contribution in [-0.4, -0.2) is 28.3 Å². The molecule has 0 saturated heterocycles. The first-order valence-corrected chi connectivity index (χ1v) is 9.53. The van der Waals surface area contributed by atoms with Crippen LogP contribution in [0, 0.1) is 12.8 Å². The van der Waals surface area contributed by atoms with E-state index >= 15 is 0 Å². The van der Waals surface area contributed by atoms with Crippen LogP contribution in [0.5, 0.6) is 0 Å². The Morgan fingerprint density at radius 2 is 2.19 bits per heavy atom. The Kier molecular flexibility index (Phi) is 5.58. The summed E-state index contributed by atoms with van der Waals surface area (Å²) in [5.74, 6) is 0.470. The third kappa shape index (κ3) is 3.47. The van der Waals surface area contributed by atoms with E-state index in [1.165, 1.54) is 11.3 Å². The lowest BCUT2D eigenvalue weighted by molar-refractivity contribution is 0.0937. The number of thiophene rings is 1. The van der Waals surface area contributed by atoms with Gasteiger partial charge in [-0.15, -0.1) is 23.7 Å². The molecule has 2 aromatic heterocycles. The molecule has 138 valence electrons. The zero-order chi connectivity index (χ0) is 17.6. The van der Waals surface area contributed by atoms with Crippen LogP contribution in [0.3, 0.4) is 0 Å². The summed E-state index contributed by atoms with van der Waals surface area (Å²) in [6.45, 7) is 2.42. The first-order valence-electron chi connectivity index (χ1n) is 8.33. The lowest BCUT2D eigenvalue weighted by Crippen LogP contribution is -2.41.